The minimum atomic E-state index is -0.158. The quantitative estimate of drug-likeness (QED) is 0.584. The molecular weight excluding hydrogens is 446 g/mol. The van der Waals surface area contributed by atoms with Crippen LogP contribution in [0.3, 0.4) is 0 Å². The van der Waals surface area contributed by atoms with Gasteiger partial charge in [0.1, 0.15) is 0 Å². The number of H-pyrrole nitrogens is 1. The Morgan fingerprint density at radius 3 is 2.71 bits per heavy atom. The number of methoxy groups -OCH3 is 1. The van der Waals surface area contributed by atoms with Crippen molar-refractivity contribution < 1.29 is 14.3 Å². The lowest BCUT2D eigenvalue weighted by molar-refractivity contribution is 0.0546. The van der Waals surface area contributed by atoms with E-state index >= 15 is 0 Å². The largest absolute Gasteiger partial charge is 0.384 e. The first-order valence-corrected chi connectivity index (χ1v) is 12.6. The molecule has 0 bridgehead atoms. The zero-order chi connectivity index (χ0) is 24.2. The first-order chi connectivity index (χ1) is 17.0. The number of amides is 1. The zero-order valence-corrected chi connectivity index (χ0v) is 20.5. The molecule has 35 heavy (non-hydrogen) atoms. The summed E-state index contributed by atoms with van der Waals surface area (Å²) in [6, 6.07) is 3.96. The molecule has 3 aliphatic rings. The van der Waals surface area contributed by atoms with Gasteiger partial charge in [0.15, 0.2) is 0 Å². The maximum Gasteiger partial charge on any atom is 0.259 e. The molecule has 1 saturated carbocycles. The molecule has 3 aromatic rings. The molecule has 1 amide bonds. The van der Waals surface area contributed by atoms with Crippen LogP contribution in [0.1, 0.15) is 41.2 Å². The molecule has 2 aliphatic heterocycles. The Labute approximate surface area is 204 Å². The molecule has 3 fully saturated rings. The maximum absolute atomic E-state index is 13.6. The standard InChI is InChI=1S/C26H33N5O4/c1-17-11-22-20(23-21(24(32)28-22)13-27-31(23)18-3-10-35-14-18)12-19(17)25(33)30-8-6-29(7-9-30)15-26(4-5-26)16-34-2/h11-13,18H,3-10,14-16H2,1-2H3,(H,28,32)/t18-/m0/s1. The summed E-state index contributed by atoms with van der Waals surface area (Å²) in [6.45, 7) is 8.30. The first kappa shape index (κ1) is 22.7. The molecule has 0 spiro atoms. The fraction of sp³-hybridized carbons (Fsp3) is 0.577. The van der Waals surface area contributed by atoms with Gasteiger partial charge in [-0.2, -0.15) is 5.10 Å². The molecule has 2 aromatic heterocycles. The van der Waals surface area contributed by atoms with Gasteiger partial charge in [-0.3, -0.25) is 19.2 Å². The van der Waals surface area contributed by atoms with Gasteiger partial charge in [-0.25, -0.2) is 0 Å². The number of fused-ring (bicyclic) bond motifs is 3. The molecule has 1 atom stereocenters. The predicted molar refractivity (Wildman–Crippen MR) is 133 cm³/mol. The smallest absolute Gasteiger partial charge is 0.259 e. The average molecular weight is 480 g/mol. The number of ether oxygens (including phenoxy) is 2. The van der Waals surface area contributed by atoms with Crippen LogP contribution >= 0.6 is 0 Å². The fourth-order valence-electron chi connectivity index (χ4n) is 5.80. The third-order valence-corrected chi connectivity index (χ3v) is 8.02. The lowest BCUT2D eigenvalue weighted by Gasteiger charge is -2.36. The van der Waals surface area contributed by atoms with Crippen molar-refractivity contribution in [2.45, 2.75) is 32.2 Å². The number of aryl methyl sites for hydroxylation is 1. The normalized spacial score (nSPS) is 22.3. The summed E-state index contributed by atoms with van der Waals surface area (Å²) in [6.07, 6.45) is 4.95. The summed E-state index contributed by atoms with van der Waals surface area (Å²) >= 11 is 0. The summed E-state index contributed by atoms with van der Waals surface area (Å²) in [5.74, 6) is 0.0525. The summed E-state index contributed by atoms with van der Waals surface area (Å²) in [4.78, 5) is 33.8. The van der Waals surface area contributed by atoms with Gasteiger partial charge in [0, 0.05) is 62.8 Å². The van der Waals surface area contributed by atoms with Gasteiger partial charge in [0.25, 0.3) is 11.5 Å². The van der Waals surface area contributed by atoms with Crippen LogP contribution in [-0.4, -0.2) is 90.1 Å². The number of nitrogens with one attached hydrogen (secondary N) is 1. The molecule has 9 heteroatoms. The Bertz CT molecular complexity index is 1330. The van der Waals surface area contributed by atoms with E-state index in [1.807, 2.05) is 28.6 Å². The van der Waals surface area contributed by atoms with E-state index in [0.29, 0.717) is 29.6 Å². The second kappa shape index (κ2) is 8.72. The number of piperazine rings is 1. The Hall–Kier alpha value is -2.75. The zero-order valence-electron chi connectivity index (χ0n) is 20.5. The number of nitrogens with zero attached hydrogens (tertiary/aromatic N) is 4. The number of hydrogen-bond donors (Lipinski definition) is 1. The van der Waals surface area contributed by atoms with Crippen molar-refractivity contribution in [1.29, 1.82) is 0 Å². The van der Waals surface area contributed by atoms with Crippen LogP contribution < -0.4 is 5.56 Å². The number of carbonyl (C=O) groups is 1. The monoisotopic (exact) mass is 479 g/mol. The number of aromatic nitrogens is 3. The van der Waals surface area contributed by atoms with E-state index < -0.39 is 0 Å². The SMILES string of the molecule is COCC1(CN2CCN(C(=O)c3cc4c(cc3C)[nH]c(=O)c3cnn([C@H]5CCOC5)c34)CC2)CC1. The van der Waals surface area contributed by atoms with Crippen LogP contribution in [0.25, 0.3) is 21.8 Å². The lowest BCUT2D eigenvalue weighted by Crippen LogP contribution is -2.50. The molecule has 9 nitrogen and oxygen atoms in total. The number of carbonyl (C=O) groups excluding carboxylic acids is 1. The van der Waals surface area contributed by atoms with Gasteiger partial charge in [0.2, 0.25) is 0 Å². The summed E-state index contributed by atoms with van der Waals surface area (Å²) in [7, 11) is 1.78. The highest BCUT2D eigenvalue weighted by Gasteiger charge is 2.44. The van der Waals surface area contributed by atoms with E-state index in [2.05, 4.69) is 15.0 Å². The second-order valence-corrected chi connectivity index (χ2v) is 10.5. The maximum atomic E-state index is 13.6. The van der Waals surface area contributed by atoms with Crippen molar-refractivity contribution >= 4 is 27.7 Å². The van der Waals surface area contributed by atoms with Crippen LogP contribution in [-0.2, 0) is 9.47 Å². The van der Waals surface area contributed by atoms with E-state index in [-0.39, 0.29) is 17.5 Å². The van der Waals surface area contributed by atoms with E-state index in [0.717, 1.165) is 67.7 Å². The van der Waals surface area contributed by atoms with E-state index in [1.54, 1.807) is 13.3 Å². The minimum absolute atomic E-state index is 0.0525. The molecule has 0 radical (unpaired) electrons. The highest BCUT2D eigenvalue weighted by molar-refractivity contribution is 6.07. The highest BCUT2D eigenvalue weighted by atomic mass is 16.5. The van der Waals surface area contributed by atoms with Gasteiger partial charge < -0.3 is 19.4 Å². The van der Waals surface area contributed by atoms with Gasteiger partial charge in [-0.15, -0.1) is 0 Å². The van der Waals surface area contributed by atoms with Crippen molar-refractivity contribution in [2.75, 3.05) is 59.7 Å². The minimum Gasteiger partial charge on any atom is -0.384 e. The summed E-state index contributed by atoms with van der Waals surface area (Å²) < 4.78 is 12.9. The van der Waals surface area contributed by atoms with Crippen molar-refractivity contribution in [3.63, 3.8) is 0 Å². The van der Waals surface area contributed by atoms with Crippen LogP contribution in [0.4, 0.5) is 0 Å². The van der Waals surface area contributed by atoms with E-state index in [9.17, 15) is 9.59 Å². The molecule has 1 aliphatic carbocycles. The van der Waals surface area contributed by atoms with Gasteiger partial charge >= 0.3 is 0 Å². The molecule has 186 valence electrons. The number of pyridine rings is 1. The van der Waals surface area contributed by atoms with Gasteiger partial charge in [-0.1, -0.05) is 0 Å². The number of rotatable bonds is 6. The van der Waals surface area contributed by atoms with Crippen LogP contribution in [0.5, 0.6) is 0 Å². The van der Waals surface area contributed by atoms with E-state index in [1.165, 1.54) is 12.8 Å². The molecule has 4 heterocycles. The lowest BCUT2D eigenvalue weighted by atomic mass is 10.0. The first-order valence-electron chi connectivity index (χ1n) is 12.6. The third-order valence-electron chi connectivity index (χ3n) is 8.02. The number of benzene rings is 1. The van der Waals surface area contributed by atoms with Gasteiger partial charge in [-0.05, 0) is 43.9 Å². The molecule has 0 unspecified atom stereocenters. The predicted octanol–water partition coefficient (Wildman–Crippen LogP) is 2.33. The Balaban J connectivity index is 1.28. The highest BCUT2D eigenvalue weighted by Crippen LogP contribution is 2.46. The summed E-state index contributed by atoms with van der Waals surface area (Å²) in [5.41, 5.74) is 3.24. The number of hydrogen-bond acceptors (Lipinski definition) is 6. The summed E-state index contributed by atoms with van der Waals surface area (Å²) in [5, 5.41) is 5.94. The third kappa shape index (κ3) is 4.05. The van der Waals surface area contributed by atoms with Gasteiger partial charge in [0.05, 0.1) is 41.9 Å². The van der Waals surface area contributed by atoms with E-state index in [4.69, 9.17) is 9.47 Å². The van der Waals surface area contributed by atoms with Crippen LogP contribution in [0.15, 0.2) is 23.1 Å². The van der Waals surface area contributed by atoms with Crippen molar-refractivity contribution in [1.82, 2.24) is 24.6 Å². The Morgan fingerprint density at radius 1 is 1.23 bits per heavy atom. The molecular formula is C26H33N5O4. The Morgan fingerprint density at radius 2 is 2.03 bits per heavy atom. The van der Waals surface area contributed by atoms with Crippen molar-refractivity contribution in [3.8, 4) is 0 Å². The Kier molecular flexibility index (Phi) is 5.66. The molecule has 2 saturated heterocycles. The molecule has 1 aromatic carbocycles. The van der Waals surface area contributed by atoms with Crippen LogP contribution in [0, 0.1) is 12.3 Å². The van der Waals surface area contributed by atoms with Crippen LogP contribution in [0.2, 0.25) is 0 Å². The molecule has 1 N–H and O–H groups in total. The van der Waals surface area contributed by atoms with Crippen molar-refractivity contribution in [2.24, 2.45) is 5.41 Å². The fourth-order valence-corrected chi connectivity index (χ4v) is 5.80. The number of aromatic amines is 1. The molecule has 6 rings (SSSR count). The topological polar surface area (TPSA) is 92.7 Å². The second-order valence-electron chi connectivity index (χ2n) is 10.5. The average Bonchev–Trinajstić information content (AvgIpc) is 3.24. The van der Waals surface area contributed by atoms with Crippen molar-refractivity contribution in [3.05, 3.63) is 39.8 Å².